The van der Waals surface area contributed by atoms with Crippen LogP contribution >= 0.6 is 11.6 Å². The fourth-order valence-electron chi connectivity index (χ4n) is 1.34. The van der Waals surface area contributed by atoms with Gasteiger partial charge in [-0.2, -0.15) is 0 Å². The van der Waals surface area contributed by atoms with Crippen molar-refractivity contribution in [3.8, 4) is 11.5 Å². The highest BCUT2D eigenvalue weighted by molar-refractivity contribution is 6.32. The number of rotatable bonds is 3. The van der Waals surface area contributed by atoms with E-state index in [0.29, 0.717) is 5.56 Å². The molecule has 6 heteroatoms. The Morgan fingerprint density at radius 3 is 2.62 bits per heavy atom. The van der Waals surface area contributed by atoms with Crippen molar-refractivity contribution in [2.24, 2.45) is 5.73 Å². The Morgan fingerprint density at radius 2 is 2.19 bits per heavy atom. The average molecular weight is 246 g/mol. The largest absolute Gasteiger partial charge is 0.504 e. The molecule has 0 aliphatic carbocycles. The molecule has 1 aromatic rings. The van der Waals surface area contributed by atoms with Crippen LogP contribution in [0.2, 0.25) is 5.02 Å². The number of ether oxygens (including phenoxy) is 1. The summed E-state index contributed by atoms with van der Waals surface area (Å²) in [5.74, 6) is -1.47. The van der Waals surface area contributed by atoms with Crippen LogP contribution in [0.3, 0.4) is 0 Å². The maximum absolute atomic E-state index is 10.8. The summed E-state index contributed by atoms with van der Waals surface area (Å²) in [4.78, 5) is 10.8. The molecule has 4 N–H and O–H groups in total. The Labute approximate surface area is 97.4 Å². The summed E-state index contributed by atoms with van der Waals surface area (Å²) in [6, 6.07) is 0.122. The van der Waals surface area contributed by atoms with E-state index in [0.717, 1.165) is 0 Å². The van der Waals surface area contributed by atoms with Crippen molar-refractivity contribution in [2.45, 2.75) is 13.0 Å². The van der Waals surface area contributed by atoms with E-state index < -0.39 is 12.0 Å². The Bertz CT molecular complexity index is 433. The first kappa shape index (κ1) is 12.6. The van der Waals surface area contributed by atoms with Gasteiger partial charge >= 0.3 is 5.97 Å². The number of phenolic OH excluding ortho intramolecular Hbond substituents is 1. The lowest BCUT2D eigenvalue weighted by Crippen LogP contribution is -2.21. The van der Waals surface area contributed by atoms with Crippen molar-refractivity contribution < 1.29 is 19.7 Å². The highest BCUT2D eigenvalue weighted by Crippen LogP contribution is 2.40. The number of aliphatic carboxylic acids is 1. The molecule has 88 valence electrons. The standard InChI is InChI=1S/C10H12ClNO4/c1-4-3-5(16-2)9(13)6(7(4)11)8(12)10(14)15/h3,8,13H,12H2,1-2H3,(H,14,15). The normalized spacial score (nSPS) is 12.2. The highest BCUT2D eigenvalue weighted by Gasteiger charge is 2.25. The predicted octanol–water partition coefficient (Wildman–Crippen LogP) is 1.45. The monoisotopic (exact) mass is 245 g/mol. The van der Waals surface area contributed by atoms with Crippen LogP contribution in [-0.4, -0.2) is 23.3 Å². The number of aryl methyl sites for hydroxylation is 1. The predicted molar refractivity (Wildman–Crippen MR) is 59.0 cm³/mol. The maximum atomic E-state index is 10.8. The van der Waals surface area contributed by atoms with Crippen LogP contribution in [0.1, 0.15) is 17.2 Å². The van der Waals surface area contributed by atoms with E-state index in [9.17, 15) is 9.90 Å². The fraction of sp³-hybridized carbons (Fsp3) is 0.300. The van der Waals surface area contributed by atoms with E-state index in [1.165, 1.54) is 13.2 Å². The molecule has 1 aromatic carbocycles. The van der Waals surface area contributed by atoms with Gasteiger partial charge in [0.15, 0.2) is 11.5 Å². The first-order valence-corrected chi connectivity index (χ1v) is 4.82. The number of halogens is 1. The van der Waals surface area contributed by atoms with Crippen molar-refractivity contribution >= 4 is 17.6 Å². The van der Waals surface area contributed by atoms with Gasteiger partial charge in [0.2, 0.25) is 0 Å². The van der Waals surface area contributed by atoms with E-state index in [1.54, 1.807) is 6.92 Å². The van der Waals surface area contributed by atoms with E-state index in [-0.39, 0.29) is 22.1 Å². The van der Waals surface area contributed by atoms with Gasteiger partial charge < -0.3 is 20.7 Å². The van der Waals surface area contributed by atoms with Crippen LogP contribution in [-0.2, 0) is 4.79 Å². The van der Waals surface area contributed by atoms with Gasteiger partial charge in [-0.3, -0.25) is 4.79 Å². The minimum absolute atomic E-state index is 0.0361. The quantitative estimate of drug-likeness (QED) is 0.749. The molecule has 0 aromatic heterocycles. The first-order chi connectivity index (χ1) is 7.40. The SMILES string of the molecule is COc1cc(C)c(Cl)c(C(N)C(=O)O)c1O. The lowest BCUT2D eigenvalue weighted by Gasteiger charge is -2.15. The molecule has 0 saturated carbocycles. The molecule has 1 unspecified atom stereocenters. The minimum Gasteiger partial charge on any atom is -0.504 e. The summed E-state index contributed by atoms with van der Waals surface area (Å²) in [6.45, 7) is 1.67. The number of methoxy groups -OCH3 is 1. The summed E-state index contributed by atoms with van der Waals surface area (Å²) in [5.41, 5.74) is 5.98. The Morgan fingerprint density at radius 1 is 1.62 bits per heavy atom. The molecule has 5 nitrogen and oxygen atoms in total. The maximum Gasteiger partial charge on any atom is 0.325 e. The molecule has 0 saturated heterocycles. The molecular weight excluding hydrogens is 234 g/mol. The van der Waals surface area contributed by atoms with Crippen molar-refractivity contribution in [1.29, 1.82) is 0 Å². The zero-order chi connectivity index (χ0) is 12.5. The number of carboxylic acids is 1. The molecule has 0 amide bonds. The third kappa shape index (κ3) is 2.05. The van der Waals surface area contributed by atoms with Crippen LogP contribution in [0.15, 0.2) is 6.07 Å². The molecule has 0 fully saturated rings. The molecule has 1 atom stereocenters. The van der Waals surface area contributed by atoms with Gasteiger partial charge in [0.05, 0.1) is 12.1 Å². The smallest absolute Gasteiger partial charge is 0.325 e. The lowest BCUT2D eigenvalue weighted by molar-refractivity contribution is -0.138. The number of carbonyl (C=O) groups is 1. The summed E-state index contributed by atoms with van der Waals surface area (Å²) in [6.07, 6.45) is 0. The molecule has 0 spiro atoms. The third-order valence-corrected chi connectivity index (χ3v) is 2.72. The van der Waals surface area contributed by atoms with Crippen molar-refractivity contribution in [2.75, 3.05) is 7.11 Å². The summed E-state index contributed by atoms with van der Waals surface area (Å²) < 4.78 is 4.89. The average Bonchev–Trinajstić information content (AvgIpc) is 2.23. The van der Waals surface area contributed by atoms with Gasteiger partial charge in [-0.05, 0) is 18.6 Å². The zero-order valence-electron chi connectivity index (χ0n) is 8.82. The van der Waals surface area contributed by atoms with Crippen LogP contribution < -0.4 is 10.5 Å². The van der Waals surface area contributed by atoms with Crippen LogP contribution in [0, 0.1) is 6.92 Å². The molecule has 0 bridgehead atoms. The highest BCUT2D eigenvalue weighted by atomic mass is 35.5. The number of hydrogen-bond donors (Lipinski definition) is 3. The van der Waals surface area contributed by atoms with E-state index in [1.807, 2.05) is 0 Å². The second-order valence-electron chi connectivity index (χ2n) is 3.29. The third-order valence-electron chi connectivity index (χ3n) is 2.22. The van der Waals surface area contributed by atoms with Crippen LogP contribution in [0.4, 0.5) is 0 Å². The molecular formula is C10H12ClNO4. The van der Waals surface area contributed by atoms with Gasteiger partial charge in [0.25, 0.3) is 0 Å². The van der Waals surface area contributed by atoms with E-state index in [4.69, 9.17) is 27.2 Å². The lowest BCUT2D eigenvalue weighted by atomic mass is 10.0. The van der Waals surface area contributed by atoms with Gasteiger partial charge in [-0.15, -0.1) is 0 Å². The molecule has 0 radical (unpaired) electrons. The molecule has 0 aliphatic rings. The minimum atomic E-state index is -1.39. The molecule has 0 heterocycles. The van der Waals surface area contributed by atoms with E-state index >= 15 is 0 Å². The topological polar surface area (TPSA) is 92.8 Å². The number of carboxylic acid groups (broad SMARTS) is 1. The fourth-order valence-corrected chi connectivity index (χ4v) is 1.60. The van der Waals surface area contributed by atoms with Crippen molar-refractivity contribution in [3.05, 3.63) is 22.2 Å². The second-order valence-corrected chi connectivity index (χ2v) is 3.67. The molecule has 0 aliphatic heterocycles. The second kappa shape index (κ2) is 4.59. The van der Waals surface area contributed by atoms with Gasteiger partial charge in [0.1, 0.15) is 6.04 Å². The van der Waals surface area contributed by atoms with Gasteiger partial charge in [0, 0.05) is 5.56 Å². The van der Waals surface area contributed by atoms with Crippen molar-refractivity contribution in [3.63, 3.8) is 0 Å². The molecule has 1 rings (SSSR count). The zero-order valence-corrected chi connectivity index (χ0v) is 9.58. The summed E-state index contributed by atoms with van der Waals surface area (Å²) in [5, 5.41) is 18.7. The summed E-state index contributed by atoms with van der Waals surface area (Å²) in [7, 11) is 1.36. The Kier molecular flexibility index (Phi) is 3.62. The number of benzene rings is 1. The van der Waals surface area contributed by atoms with Crippen LogP contribution in [0.5, 0.6) is 11.5 Å². The Balaban J connectivity index is 3.47. The van der Waals surface area contributed by atoms with E-state index in [2.05, 4.69) is 0 Å². The van der Waals surface area contributed by atoms with Gasteiger partial charge in [-0.1, -0.05) is 11.6 Å². The first-order valence-electron chi connectivity index (χ1n) is 4.44. The number of phenols is 1. The van der Waals surface area contributed by atoms with Crippen molar-refractivity contribution in [1.82, 2.24) is 0 Å². The van der Waals surface area contributed by atoms with Gasteiger partial charge in [-0.25, -0.2) is 0 Å². The number of aromatic hydroxyl groups is 1. The molecule has 16 heavy (non-hydrogen) atoms. The number of hydrogen-bond acceptors (Lipinski definition) is 4. The Hall–Kier alpha value is -1.46. The number of nitrogens with two attached hydrogens (primary N) is 1. The van der Waals surface area contributed by atoms with Crippen LogP contribution in [0.25, 0.3) is 0 Å². The summed E-state index contributed by atoms with van der Waals surface area (Å²) >= 11 is 5.91.